The van der Waals surface area contributed by atoms with Gasteiger partial charge in [-0.3, -0.25) is 0 Å². The maximum Gasteiger partial charge on any atom is 0.243 e. The van der Waals surface area contributed by atoms with Gasteiger partial charge in [-0.2, -0.15) is 4.31 Å². The Bertz CT molecular complexity index is 624. The molecule has 3 aliphatic rings. The van der Waals surface area contributed by atoms with E-state index in [-0.39, 0.29) is 11.8 Å². The van der Waals surface area contributed by atoms with Crippen molar-refractivity contribution in [3.8, 4) is 0 Å². The van der Waals surface area contributed by atoms with Crippen LogP contribution in [0.3, 0.4) is 0 Å². The summed E-state index contributed by atoms with van der Waals surface area (Å²) in [7, 11) is -3.38. The number of hydrogen-bond donors (Lipinski definition) is 0. The van der Waals surface area contributed by atoms with Gasteiger partial charge in [0.15, 0.2) is 0 Å². The molecule has 1 aliphatic carbocycles. The average molecular weight is 275 g/mol. The summed E-state index contributed by atoms with van der Waals surface area (Å²) in [6, 6.07) is 7.01. The van der Waals surface area contributed by atoms with Crippen molar-refractivity contribution in [1.82, 2.24) is 4.31 Å². The molecule has 3 nitrogen and oxygen atoms in total. The molecule has 3 fully saturated rings. The highest BCUT2D eigenvalue weighted by atomic mass is 32.2. The second kappa shape index (κ2) is 4.05. The first-order valence-electron chi connectivity index (χ1n) is 6.35. The predicted octanol–water partition coefficient (Wildman–Crippen LogP) is 2.36. The molecule has 0 amide bonds. The van der Waals surface area contributed by atoms with Gasteiger partial charge in [0.25, 0.3) is 0 Å². The first kappa shape index (κ1) is 12.6. The lowest BCUT2D eigenvalue weighted by Gasteiger charge is -2.50. The highest BCUT2D eigenvalue weighted by molar-refractivity contribution is 7.89. The molecule has 1 aromatic carbocycles. The molecule has 2 heterocycles. The Hall–Kier alpha value is -1.39. The van der Waals surface area contributed by atoms with Gasteiger partial charge in [-0.25, -0.2) is 8.42 Å². The molecule has 0 spiro atoms. The predicted molar refractivity (Wildman–Crippen MR) is 75.2 cm³/mol. The molecule has 2 bridgehead atoms. The second-order valence-corrected chi connectivity index (χ2v) is 7.33. The minimum absolute atomic E-state index is 0.152. The van der Waals surface area contributed by atoms with Gasteiger partial charge in [-0.1, -0.05) is 42.0 Å². The number of aryl methyl sites for hydroxylation is 1. The van der Waals surface area contributed by atoms with Crippen LogP contribution in [0.5, 0.6) is 0 Å². The highest BCUT2D eigenvalue weighted by Crippen LogP contribution is 2.48. The fourth-order valence-corrected chi connectivity index (χ4v) is 4.34. The Balaban J connectivity index is 1.89. The summed E-state index contributed by atoms with van der Waals surface area (Å²) in [5.74, 6) is 0.304. The molecule has 19 heavy (non-hydrogen) atoms. The van der Waals surface area contributed by atoms with Gasteiger partial charge < -0.3 is 0 Å². The summed E-state index contributed by atoms with van der Waals surface area (Å²) < 4.78 is 26.7. The number of sulfonamides is 1. The SMILES string of the molecule is C=C1C2CN(S(=O)(=O)c3ccc(C)cc3)CC1C2=C. The minimum atomic E-state index is -3.38. The maximum atomic E-state index is 12.5. The topological polar surface area (TPSA) is 37.4 Å². The number of rotatable bonds is 2. The van der Waals surface area contributed by atoms with Crippen LogP contribution >= 0.6 is 0 Å². The third-order valence-electron chi connectivity index (χ3n) is 4.22. The monoisotopic (exact) mass is 275 g/mol. The van der Waals surface area contributed by atoms with Gasteiger partial charge in [0.2, 0.25) is 10.0 Å². The van der Waals surface area contributed by atoms with E-state index in [9.17, 15) is 8.42 Å². The zero-order valence-corrected chi connectivity index (χ0v) is 11.8. The lowest BCUT2D eigenvalue weighted by Crippen LogP contribution is -2.53. The van der Waals surface area contributed by atoms with E-state index in [1.165, 1.54) is 0 Å². The van der Waals surface area contributed by atoms with Crippen molar-refractivity contribution in [2.75, 3.05) is 13.1 Å². The molecule has 2 saturated heterocycles. The highest BCUT2D eigenvalue weighted by Gasteiger charge is 2.47. The Morgan fingerprint density at radius 1 is 1.05 bits per heavy atom. The molecule has 0 unspecified atom stereocenters. The Labute approximate surface area is 114 Å². The lowest BCUT2D eigenvalue weighted by molar-refractivity contribution is 0.235. The number of piperidine rings is 2. The van der Waals surface area contributed by atoms with E-state index < -0.39 is 10.0 Å². The Morgan fingerprint density at radius 2 is 1.53 bits per heavy atom. The molecule has 4 heteroatoms. The van der Waals surface area contributed by atoms with Gasteiger partial charge in [0.1, 0.15) is 0 Å². The van der Waals surface area contributed by atoms with Crippen LogP contribution in [-0.2, 0) is 10.0 Å². The zero-order valence-electron chi connectivity index (χ0n) is 11.0. The van der Waals surface area contributed by atoms with Crippen LogP contribution in [0, 0.1) is 18.8 Å². The Morgan fingerprint density at radius 3 is 2.00 bits per heavy atom. The molecule has 0 atom stereocenters. The standard InChI is InChI=1S/C15H17NO2S/c1-10-4-6-13(7-5-10)19(17,18)16-8-14-11(2)15(9-16)12(14)3/h4-7,14-15H,2-3,8-9H2,1H3. The lowest BCUT2D eigenvalue weighted by atomic mass is 9.64. The van der Waals surface area contributed by atoms with Crippen LogP contribution in [-0.4, -0.2) is 25.8 Å². The largest absolute Gasteiger partial charge is 0.243 e. The van der Waals surface area contributed by atoms with Crippen LogP contribution in [0.2, 0.25) is 0 Å². The van der Waals surface area contributed by atoms with Crippen molar-refractivity contribution in [3.05, 3.63) is 54.1 Å². The van der Waals surface area contributed by atoms with Crippen molar-refractivity contribution in [2.24, 2.45) is 11.8 Å². The number of fused-ring (bicyclic) bond motifs is 2. The molecule has 100 valence electrons. The number of nitrogens with zero attached hydrogens (tertiary/aromatic N) is 1. The van der Waals surface area contributed by atoms with Crippen LogP contribution in [0.15, 0.2) is 53.5 Å². The van der Waals surface area contributed by atoms with Crippen LogP contribution in [0.1, 0.15) is 5.56 Å². The van der Waals surface area contributed by atoms with Gasteiger partial charge in [0.05, 0.1) is 4.90 Å². The van der Waals surface area contributed by atoms with Gasteiger partial charge in [-0.05, 0) is 19.1 Å². The van der Waals surface area contributed by atoms with Crippen LogP contribution in [0.4, 0.5) is 0 Å². The van der Waals surface area contributed by atoms with Gasteiger partial charge in [-0.15, -0.1) is 0 Å². The quantitative estimate of drug-likeness (QED) is 0.777. The molecule has 4 rings (SSSR count). The average Bonchev–Trinajstić information content (AvgIpc) is 2.40. The summed E-state index contributed by atoms with van der Waals surface area (Å²) in [5, 5.41) is 0. The molecule has 0 N–H and O–H groups in total. The van der Waals surface area contributed by atoms with Gasteiger partial charge in [0, 0.05) is 24.9 Å². The van der Waals surface area contributed by atoms with Crippen molar-refractivity contribution in [1.29, 1.82) is 0 Å². The summed E-state index contributed by atoms with van der Waals surface area (Å²) in [6.45, 7) is 11.0. The van der Waals surface area contributed by atoms with Crippen LogP contribution < -0.4 is 0 Å². The van der Waals surface area contributed by atoms with Crippen molar-refractivity contribution >= 4 is 10.0 Å². The fourth-order valence-electron chi connectivity index (χ4n) is 2.87. The first-order chi connectivity index (χ1) is 8.91. The smallest absolute Gasteiger partial charge is 0.207 e. The van der Waals surface area contributed by atoms with E-state index in [2.05, 4.69) is 13.2 Å². The summed E-state index contributed by atoms with van der Waals surface area (Å²) in [5.41, 5.74) is 3.34. The third-order valence-corrected chi connectivity index (χ3v) is 6.07. The summed E-state index contributed by atoms with van der Waals surface area (Å²) in [4.78, 5) is 0.371. The van der Waals surface area contributed by atoms with Gasteiger partial charge >= 0.3 is 0 Å². The molecule has 0 radical (unpaired) electrons. The molecule has 2 aliphatic heterocycles. The molecular weight excluding hydrogens is 258 g/mol. The van der Waals surface area contributed by atoms with Crippen LogP contribution in [0.25, 0.3) is 0 Å². The molecule has 0 aromatic heterocycles. The van der Waals surface area contributed by atoms with E-state index in [0.29, 0.717) is 18.0 Å². The van der Waals surface area contributed by atoms with E-state index in [1.807, 2.05) is 19.1 Å². The second-order valence-electron chi connectivity index (χ2n) is 5.39. The molecule has 1 aromatic rings. The third kappa shape index (κ3) is 1.78. The van der Waals surface area contributed by atoms with E-state index >= 15 is 0 Å². The van der Waals surface area contributed by atoms with Crippen molar-refractivity contribution in [3.63, 3.8) is 0 Å². The molecule has 1 saturated carbocycles. The Kier molecular flexibility index (Phi) is 2.69. The fraction of sp³-hybridized carbons (Fsp3) is 0.333. The summed E-state index contributed by atoms with van der Waals surface area (Å²) >= 11 is 0. The summed E-state index contributed by atoms with van der Waals surface area (Å²) in [6.07, 6.45) is 0. The van der Waals surface area contributed by atoms with Crippen molar-refractivity contribution < 1.29 is 8.42 Å². The zero-order chi connectivity index (χ0) is 13.8. The minimum Gasteiger partial charge on any atom is -0.207 e. The number of hydrogen-bond acceptors (Lipinski definition) is 2. The van der Waals surface area contributed by atoms with Crippen molar-refractivity contribution in [2.45, 2.75) is 11.8 Å². The van der Waals surface area contributed by atoms with E-state index in [4.69, 9.17) is 0 Å². The normalized spacial score (nSPS) is 27.2. The first-order valence-corrected chi connectivity index (χ1v) is 7.79. The van der Waals surface area contributed by atoms with E-state index in [0.717, 1.165) is 16.7 Å². The number of benzene rings is 1. The van der Waals surface area contributed by atoms with E-state index in [1.54, 1.807) is 16.4 Å². The maximum absolute atomic E-state index is 12.5. The molecular formula is C15H17NO2S.